The molecule has 1 aliphatic heterocycles. The highest BCUT2D eigenvalue weighted by Gasteiger charge is 2.21. The minimum Gasteiger partial charge on any atom is -0.493 e. The van der Waals surface area contributed by atoms with Gasteiger partial charge in [-0.05, 0) is 37.8 Å². The molecule has 0 amide bonds. The van der Waals surface area contributed by atoms with E-state index in [0.717, 1.165) is 42.5 Å². The molecule has 2 unspecified atom stereocenters. The van der Waals surface area contributed by atoms with Gasteiger partial charge in [-0.3, -0.25) is 0 Å². The van der Waals surface area contributed by atoms with E-state index in [1.807, 2.05) is 6.07 Å². The van der Waals surface area contributed by atoms with Crippen molar-refractivity contribution in [3.05, 3.63) is 28.2 Å². The topological polar surface area (TPSA) is 41.5 Å². The van der Waals surface area contributed by atoms with Crippen LogP contribution in [-0.2, 0) is 0 Å². The number of benzene rings is 1. The Morgan fingerprint density at radius 1 is 1.53 bits per heavy atom. The fourth-order valence-electron chi connectivity index (χ4n) is 2.56. The maximum atomic E-state index is 9.11. The van der Waals surface area contributed by atoms with E-state index in [9.17, 15) is 0 Å². The maximum Gasteiger partial charge on any atom is 0.125 e. The molecule has 1 aliphatic rings. The van der Waals surface area contributed by atoms with Crippen molar-refractivity contribution in [2.75, 3.05) is 13.2 Å². The fourth-order valence-corrected chi connectivity index (χ4v) is 2.91. The molecule has 106 valence electrons. The van der Waals surface area contributed by atoms with Gasteiger partial charge in [-0.15, -0.1) is 0 Å². The number of halogens is 1. The quantitative estimate of drug-likeness (QED) is 0.870. The van der Waals surface area contributed by atoms with Crippen LogP contribution >= 0.6 is 15.9 Å². The molecule has 0 saturated carbocycles. The summed E-state index contributed by atoms with van der Waals surface area (Å²) in [4.78, 5) is 0. The largest absolute Gasteiger partial charge is 0.493 e. The van der Waals surface area contributed by atoms with Crippen molar-refractivity contribution in [1.82, 2.24) is 5.32 Å². The first-order chi connectivity index (χ1) is 9.24. The number of ether oxygens (including phenoxy) is 1. The van der Waals surface area contributed by atoms with Crippen LogP contribution in [0.4, 0.5) is 0 Å². The van der Waals surface area contributed by atoms with Crippen LogP contribution in [0.25, 0.3) is 0 Å². The second kappa shape index (κ2) is 7.27. The lowest BCUT2D eigenvalue weighted by Crippen LogP contribution is -2.33. The van der Waals surface area contributed by atoms with Crippen molar-refractivity contribution in [2.45, 2.75) is 44.7 Å². The van der Waals surface area contributed by atoms with Gasteiger partial charge in [-0.25, -0.2) is 0 Å². The van der Waals surface area contributed by atoms with Crippen LogP contribution in [0.3, 0.4) is 0 Å². The Kier molecular flexibility index (Phi) is 5.67. The predicted octanol–water partition coefficient (Wildman–Crippen LogP) is 3.41. The normalized spacial score (nSPS) is 20.3. The third-order valence-electron chi connectivity index (χ3n) is 3.65. The average molecular weight is 328 g/mol. The molecule has 0 saturated heterocycles. The standard InChI is InChI=1S/C15H22BrNO2/c1-2-12(7-8-18)17-14-4-3-9-19-15-10-11(16)5-6-13(14)15/h5-6,10,12,14,17-18H,2-4,7-9H2,1H3. The molecule has 0 fully saturated rings. The van der Waals surface area contributed by atoms with Crippen LogP contribution in [-0.4, -0.2) is 24.4 Å². The second-order valence-electron chi connectivity index (χ2n) is 5.01. The molecule has 1 heterocycles. The number of rotatable bonds is 5. The Hall–Kier alpha value is -0.580. The molecule has 2 N–H and O–H groups in total. The van der Waals surface area contributed by atoms with E-state index >= 15 is 0 Å². The Morgan fingerprint density at radius 2 is 2.37 bits per heavy atom. The highest BCUT2D eigenvalue weighted by atomic mass is 79.9. The van der Waals surface area contributed by atoms with Gasteiger partial charge in [0, 0.05) is 28.7 Å². The average Bonchev–Trinajstić information content (AvgIpc) is 2.60. The molecular weight excluding hydrogens is 306 g/mol. The number of aliphatic hydroxyl groups is 1. The third kappa shape index (κ3) is 3.94. The first-order valence-corrected chi connectivity index (χ1v) is 7.83. The summed E-state index contributed by atoms with van der Waals surface area (Å²) in [6.45, 7) is 3.17. The van der Waals surface area contributed by atoms with Crippen molar-refractivity contribution in [2.24, 2.45) is 0 Å². The summed E-state index contributed by atoms with van der Waals surface area (Å²) in [6.07, 6.45) is 3.97. The number of nitrogens with one attached hydrogen (secondary N) is 1. The smallest absolute Gasteiger partial charge is 0.125 e. The molecular formula is C15H22BrNO2. The van der Waals surface area contributed by atoms with Gasteiger partial charge < -0.3 is 15.2 Å². The summed E-state index contributed by atoms with van der Waals surface area (Å²) in [5, 5.41) is 12.8. The van der Waals surface area contributed by atoms with Crippen LogP contribution in [0.5, 0.6) is 5.75 Å². The molecule has 2 rings (SSSR count). The van der Waals surface area contributed by atoms with Crippen molar-refractivity contribution in [3.8, 4) is 5.75 Å². The van der Waals surface area contributed by atoms with Gasteiger partial charge in [-0.2, -0.15) is 0 Å². The molecule has 0 aromatic heterocycles. The molecule has 1 aromatic rings. The number of aliphatic hydroxyl groups excluding tert-OH is 1. The summed E-state index contributed by atoms with van der Waals surface area (Å²) in [7, 11) is 0. The zero-order valence-electron chi connectivity index (χ0n) is 11.4. The zero-order valence-corrected chi connectivity index (χ0v) is 12.9. The van der Waals surface area contributed by atoms with Gasteiger partial charge in [0.25, 0.3) is 0 Å². The summed E-state index contributed by atoms with van der Waals surface area (Å²) in [6, 6.07) is 6.93. The van der Waals surface area contributed by atoms with Crippen molar-refractivity contribution in [1.29, 1.82) is 0 Å². The highest BCUT2D eigenvalue weighted by Crippen LogP contribution is 2.34. The number of fused-ring (bicyclic) bond motifs is 1. The van der Waals surface area contributed by atoms with E-state index in [0.29, 0.717) is 12.1 Å². The first-order valence-electron chi connectivity index (χ1n) is 7.03. The van der Waals surface area contributed by atoms with Gasteiger partial charge in [0.2, 0.25) is 0 Å². The van der Waals surface area contributed by atoms with Crippen LogP contribution in [0.15, 0.2) is 22.7 Å². The Morgan fingerprint density at radius 3 is 3.11 bits per heavy atom. The van der Waals surface area contributed by atoms with E-state index in [1.165, 1.54) is 5.56 Å². The summed E-state index contributed by atoms with van der Waals surface area (Å²) in [5.41, 5.74) is 1.23. The molecule has 2 atom stereocenters. The van der Waals surface area contributed by atoms with E-state index in [4.69, 9.17) is 9.84 Å². The molecule has 0 radical (unpaired) electrons. The lowest BCUT2D eigenvalue weighted by Gasteiger charge is -2.24. The van der Waals surface area contributed by atoms with Crippen molar-refractivity contribution < 1.29 is 9.84 Å². The molecule has 1 aromatic carbocycles. The monoisotopic (exact) mass is 327 g/mol. The molecule has 0 bridgehead atoms. The van der Waals surface area contributed by atoms with Crippen LogP contribution in [0.1, 0.15) is 44.2 Å². The minimum absolute atomic E-state index is 0.238. The Labute approximate surface area is 123 Å². The van der Waals surface area contributed by atoms with Gasteiger partial charge >= 0.3 is 0 Å². The van der Waals surface area contributed by atoms with Gasteiger partial charge in [0.15, 0.2) is 0 Å². The third-order valence-corrected chi connectivity index (χ3v) is 4.15. The zero-order chi connectivity index (χ0) is 13.7. The molecule has 3 nitrogen and oxygen atoms in total. The van der Waals surface area contributed by atoms with Crippen LogP contribution in [0, 0.1) is 0 Å². The molecule has 0 aliphatic carbocycles. The first kappa shape index (κ1) is 14.8. The van der Waals surface area contributed by atoms with E-state index in [2.05, 4.69) is 40.3 Å². The lowest BCUT2D eigenvalue weighted by molar-refractivity contribution is 0.253. The van der Waals surface area contributed by atoms with Crippen LogP contribution < -0.4 is 10.1 Å². The SMILES string of the molecule is CCC(CCO)NC1CCCOc2cc(Br)ccc21. The van der Waals surface area contributed by atoms with Crippen molar-refractivity contribution >= 4 is 15.9 Å². The molecule has 19 heavy (non-hydrogen) atoms. The predicted molar refractivity (Wildman–Crippen MR) is 80.5 cm³/mol. The maximum absolute atomic E-state index is 9.11. The highest BCUT2D eigenvalue weighted by molar-refractivity contribution is 9.10. The Balaban J connectivity index is 2.17. The van der Waals surface area contributed by atoms with Gasteiger partial charge in [0.1, 0.15) is 5.75 Å². The second-order valence-corrected chi connectivity index (χ2v) is 5.93. The number of hydrogen-bond donors (Lipinski definition) is 2. The minimum atomic E-state index is 0.238. The lowest BCUT2D eigenvalue weighted by atomic mass is 10.00. The van der Waals surface area contributed by atoms with Crippen molar-refractivity contribution in [3.63, 3.8) is 0 Å². The van der Waals surface area contributed by atoms with Gasteiger partial charge in [0.05, 0.1) is 6.61 Å². The van der Waals surface area contributed by atoms with E-state index in [-0.39, 0.29) is 6.61 Å². The number of hydrogen-bond acceptors (Lipinski definition) is 3. The Bertz CT molecular complexity index is 411. The molecule has 0 spiro atoms. The molecule has 4 heteroatoms. The fraction of sp³-hybridized carbons (Fsp3) is 0.600. The van der Waals surface area contributed by atoms with Gasteiger partial charge in [-0.1, -0.05) is 28.9 Å². The van der Waals surface area contributed by atoms with E-state index < -0.39 is 0 Å². The summed E-state index contributed by atoms with van der Waals surface area (Å²) < 4.78 is 6.87. The summed E-state index contributed by atoms with van der Waals surface area (Å²) in [5.74, 6) is 0.975. The van der Waals surface area contributed by atoms with Crippen LogP contribution in [0.2, 0.25) is 0 Å². The van der Waals surface area contributed by atoms with E-state index in [1.54, 1.807) is 0 Å². The summed E-state index contributed by atoms with van der Waals surface area (Å²) >= 11 is 3.49.